The largest absolute Gasteiger partial charge is 0.121 e. The van der Waals surface area contributed by atoms with E-state index >= 15 is 0 Å². The molecule has 0 saturated heterocycles. The van der Waals surface area contributed by atoms with E-state index in [-0.39, 0.29) is 10.8 Å². The van der Waals surface area contributed by atoms with Crippen molar-refractivity contribution in [2.75, 3.05) is 0 Å². The van der Waals surface area contributed by atoms with Crippen LogP contribution in [0.25, 0.3) is 0 Å². The van der Waals surface area contributed by atoms with Crippen molar-refractivity contribution < 1.29 is 0 Å². The van der Waals surface area contributed by atoms with Crippen LogP contribution in [0.1, 0.15) is 19.8 Å². The Bertz CT molecular complexity index is 142. The van der Waals surface area contributed by atoms with Crippen LogP contribution in [0.4, 0.5) is 0 Å². The quantitative estimate of drug-likeness (QED) is 0.395. The van der Waals surface area contributed by atoms with Gasteiger partial charge in [-0.05, 0) is 18.8 Å². The molecule has 0 aromatic carbocycles. The molecule has 3 unspecified atom stereocenters. The fourth-order valence-corrected chi connectivity index (χ4v) is 1.88. The molecule has 1 aliphatic rings. The van der Waals surface area contributed by atoms with Crippen LogP contribution < -0.4 is 0 Å². The standard InChI is InChI=1S/C8H12Cl2/c1-5-3-4-7(9)8(10)6(5)2/h6-8H,1,3-4H2,2H3. The first-order valence-electron chi connectivity index (χ1n) is 3.58. The topological polar surface area (TPSA) is 0 Å². The van der Waals surface area contributed by atoms with Crippen LogP contribution in [0.15, 0.2) is 12.2 Å². The molecule has 0 spiro atoms. The highest BCUT2D eigenvalue weighted by atomic mass is 35.5. The molecule has 1 saturated carbocycles. The first kappa shape index (κ1) is 8.42. The van der Waals surface area contributed by atoms with Crippen molar-refractivity contribution in [3.8, 4) is 0 Å². The van der Waals surface area contributed by atoms with Gasteiger partial charge in [0.15, 0.2) is 0 Å². The molecule has 0 radical (unpaired) electrons. The van der Waals surface area contributed by atoms with Gasteiger partial charge in [-0.2, -0.15) is 0 Å². The molecule has 1 aliphatic carbocycles. The Morgan fingerprint density at radius 1 is 1.50 bits per heavy atom. The minimum atomic E-state index is 0.0860. The summed E-state index contributed by atoms with van der Waals surface area (Å²) in [6.07, 6.45) is 2.03. The Morgan fingerprint density at radius 2 is 2.10 bits per heavy atom. The third-order valence-electron chi connectivity index (χ3n) is 2.21. The predicted octanol–water partition coefficient (Wildman–Crippen LogP) is 3.19. The van der Waals surface area contributed by atoms with Crippen LogP contribution >= 0.6 is 23.2 Å². The van der Waals surface area contributed by atoms with Crippen molar-refractivity contribution >= 4 is 23.2 Å². The smallest absolute Gasteiger partial charge is 0.0562 e. The van der Waals surface area contributed by atoms with Gasteiger partial charge in [0.25, 0.3) is 0 Å². The Labute approximate surface area is 72.2 Å². The highest BCUT2D eigenvalue weighted by Crippen LogP contribution is 2.34. The molecule has 0 bridgehead atoms. The minimum Gasteiger partial charge on any atom is -0.121 e. The Hall–Kier alpha value is 0.320. The van der Waals surface area contributed by atoms with E-state index in [0.717, 1.165) is 12.8 Å². The van der Waals surface area contributed by atoms with Crippen LogP contribution in [0.5, 0.6) is 0 Å². The summed E-state index contributed by atoms with van der Waals surface area (Å²) in [6, 6.07) is 0. The van der Waals surface area contributed by atoms with E-state index < -0.39 is 0 Å². The van der Waals surface area contributed by atoms with Crippen LogP contribution in [-0.4, -0.2) is 10.8 Å². The summed E-state index contributed by atoms with van der Waals surface area (Å²) < 4.78 is 0. The van der Waals surface area contributed by atoms with E-state index in [1.165, 1.54) is 5.57 Å². The second-order valence-electron chi connectivity index (χ2n) is 2.95. The van der Waals surface area contributed by atoms with Crippen molar-refractivity contribution in [2.45, 2.75) is 30.5 Å². The maximum atomic E-state index is 6.02. The zero-order chi connectivity index (χ0) is 7.72. The van der Waals surface area contributed by atoms with E-state index in [0.29, 0.717) is 5.92 Å². The molecule has 1 fully saturated rings. The van der Waals surface area contributed by atoms with E-state index in [9.17, 15) is 0 Å². The summed E-state index contributed by atoms with van der Waals surface area (Å²) in [5.74, 6) is 0.387. The molecule has 0 aromatic rings. The second kappa shape index (κ2) is 3.15. The number of allylic oxidation sites excluding steroid dienone is 1. The molecule has 3 atom stereocenters. The summed E-state index contributed by atoms with van der Waals surface area (Å²) in [6.45, 7) is 6.03. The summed E-state index contributed by atoms with van der Waals surface area (Å²) in [4.78, 5) is 0. The summed E-state index contributed by atoms with van der Waals surface area (Å²) >= 11 is 12.0. The van der Waals surface area contributed by atoms with Gasteiger partial charge in [-0.3, -0.25) is 0 Å². The van der Waals surface area contributed by atoms with Crippen LogP contribution in [-0.2, 0) is 0 Å². The van der Waals surface area contributed by atoms with Crippen LogP contribution in [0.3, 0.4) is 0 Å². The normalized spacial score (nSPS) is 41.9. The van der Waals surface area contributed by atoms with E-state index in [1.807, 2.05) is 0 Å². The highest BCUT2D eigenvalue weighted by Gasteiger charge is 2.29. The van der Waals surface area contributed by atoms with Crippen molar-refractivity contribution in [1.29, 1.82) is 0 Å². The fraction of sp³-hybridized carbons (Fsp3) is 0.750. The molecule has 58 valence electrons. The second-order valence-corrected chi connectivity index (χ2v) is 4.01. The van der Waals surface area contributed by atoms with Gasteiger partial charge >= 0.3 is 0 Å². The lowest BCUT2D eigenvalue weighted by Gasteiger charge is -2.30. The average molecular weight is 179 g/mol. The molecule has 0 nitrogen and oxygen atoms in total. The van der Waals surface area contributed by atoms with Gasteiger partial charge in [-0.1, -0.05) is 19.1 Å². The first-order chi connectivity index (χ1) is 4.63. The van der Waals surface area contributed by atoms with Crippen molar-refractivity contribution in [3.63, 3.8) is 0 Å². The molecule has 0 N–H and O–H groups in total. The zero-order valence-corrected chi connectivity index (χ0v) is 7.62. The molecular weight excluding hydrogens is 167 g/mol. The molecular formula is C8H12Cl2. The number of rotatable bonds is 0. The molecule has 0 amide bonds. The van der Waals surface area contributed by atoms with Gasteiger partial charge in [0.05, 0.1) is 10.8 Å². The maximum absolute atomic E-state index is 6.02. The molecule has 10 heavy (non-hydrogen) atoms. The lowest BCUT2D eigenvalue weighted by molar-refractivity contribution is 0.500. The van der Waals surface area contributed by atoms with Crippen molar-refractivity contribution in [1.82, 2.24) is 0 Å². The highest BCUT2D eigenvalue weighted by molar-refractivity contribution is 6.30. The van der Waals surface area contributed by atoms with Crippen molar-refractivity contribution in [3.05, 3.63) is 12.2 Å². The van der Waals surface area contributed by atoms with Gasteiger partial charge in [-0.25, -0.2) is 0 Å². The van der Waals surface area contributed by atoms with Crippen molar-refractivity contribution in [2.24, 2.45) is 5.92 Å². The van der Waals surface area contributed by atoms with Gasteiger partial charge in [0.1, 0.15) is 0 Å². The number of hydrogen-bond acceptors (Lipinski definition) is 0. The van der Waals surface area contributed by atoms with Crippen LogP contribution in [0, 0.1) is 5.92 Å². The van der Waals surface area contributed by atoms with Gasteiger partial charge in [0, 0.05) is 0 Å². The van der Waals surface area contributed by atoms with Crippen LogP contribution in [0.2, 0.25) is 0 Å². The lowest BCUT2D eigenvalue weighted by Crippen LogP contribution is -2.29. The minimum absolute atomic E-state index is 0.0860. The Kier molecular flexibility index (Phi) is 2.65. The Morgan fingerprint density at radius 3 is 2.60 bits per heavy atom. The van der Waals surface area contributed by atoms with Gasteiger partial charge in [0.2, 0.25) is 0 Å². The molecule has 1 rings (SSSR count). The lowest BCUT2D eigenvalue weighted by atomic mass is 9.86. The predicted molar refractivity (Wildman–Crippen MR) is 46.8 cm³/mol. The Balaban J connectivity index is 2.60. The third-order valence-corrected chi connectivity index (χ3v) is 3.51. The number of halogens is 2. The molecule has 2 heteroatoms. The first-order valence-corrected chi connectivity index (χ1v) is 4.46. The van der Waals surface area contributed by atoms with E-state index in [2.05, 4.69) is 13.5 Å². The number of alkyl halides is 2. The maximum Gasteiger partial charge on any atom is 0.0562 e. The van der Waals surface area contributed by atoms with E-state index in [4.69, 9.17) is 23.2 Å². The average Bonchev–Trinajstić information content (AvgIpc) is 1.93. The SMILES string of the molecule is C=C1CCC(Cl)C(Cl)C1C. The molecule has 0 aliphatic heterocycles. The summed E-state index contributed by atoms with van der Waals surface area (Å²) in [5, 5.41) is 0.227. The summed E-state index contributed by atoms with van der Waals surface area (Å²) in [7, 11) is 0. The molecule has 0 aromatic heterocycles. The van der Waals surface area contributed by atoms with E-state index in [1.54, 1.807) is 0 Å². The van der Waals surface area contributed by atoms with Gasteiger partial charge < -0.3 is 0 Å². The molecule has 0 heterocycles. The number of hydrogen-bond donors (Lipinski definition) is 0. The fourth-order valence-electron chi connectivity index (χ4n) is 1.25. The van der Waals surface area contributed by atoms with Gasteiger partial charge in [-0.15, -0.1) is 23.2 Å². The summed E-state index contributed by atoms with van der Waals surface area (Å²) in [5.41, 5.74) is 1.25. The zero-order valence-electron chi connectivity index (χ0n) is 6.11. The monoisotopic (exact) mass is 178 g/mol. The third kappa shape index (κ3) is 1.49.